The molecule has 0 aromatic carbocycles. The average Bonchev–Trinajstić information content (AvgIpc) is 3.37. The molecule has 0 saturated heterocycles. The second kappa shape index (κ2) is 58.1. The number of hydrogen-bond donors (Lipinski definition) is 0. The van der Waals surface area contributed by atoms with E-state index in [1.165, 1.54) is 70.6 Å². The highest BCUT2D eigenvalue weighted by atomic mass is 16.6. The van der Waals surface area contributed by atoms with Gasteiger partial charge in [-0.2, -0.15) is 0 Å². The quantitative estimate of drug-likeness (QED) is 0.0262. The zero-order chi connectivity index (χ0) is 51.4. The van der Waals surface area contributed by atoms with Crippen molar-refractivity contribution in [1.82, 2.24) is 0 Å². The van der Waals surface area contributed by atoms with Gasteiger partial charge in [-0.1, -0.05) is 231 Å². The van der Waals surface area contributed by atoms with Crippen LogP contribution in [0.1, 0.15) is 239 Å². The first kappa shape index (κ1) is 66.6. The summed E-state index contributed by atoms with van der Waals surface area (Å²) in [7, 11) is 0. The maximum atomic E-state index is 12.8. The third-order valence-electron chi connectivity index (χ3n) is 11.6. The van der Waals surface area contributed by atoms with Crippen LogP contribution in [0.5, 0.6) is 0 Å². The van der Waals surface area contributed by atoms with E-state index in [0.29, 0.717) is 19.3 Å². The summed E-state index contributed by atoms with van der Waals surface area (Å²) in [4.78, 5) is 38.1. The van der Waals surface area contributed by atoms with Crippen LogP contribution in [-0.2, 0) is 28.6 Å². The number of carbonyl (C=O) groups excluding carboxylic acids is 3. The molecule has 71 heavy (non-hydrogen) atoms. The van der Waals surface area contributed by atoms with Crippen LogP contribution in [0.3, 0.4) is 0 Å². The van der Waals surface area contributed by atoms with Crippen molar-refractivity contribution in [3.8, 4) is 0 Å². The van der Waals surface area contributed by atoms with Gasteiger partial charge in [0.1, 0.15) is 13.2 Å². The molecule has 0 aliphatic carbocycles. The lowest BCUT2D eigenvalue weighted by Gasteiger charge is -2.18. The Morgan fingerprint density at radius 3 is 0.930 bits per heavy atom. The lowest BCUT2D eigenvalue weighted by Crippen LogP contribution is -2.30. The lowest BCUT2D eigenvalue weighted by molar-refractivity contribution is -0.166. The van der Waals surface area contributed by atoms with E-state index in [4.69, 9.17) is 14.2 Å². The predicted molar refractivity (Wildman–Crippen MR) is 306 cm³/mol. The molecule has 0 aromatic rings. The molecule has 0 radical (unpaired) electrons. The second-order valence-corrected chi connectivity index (χ2v) is 18.4. The number of hydrogen-bond acceptors (Lipinski definition) is 6. The molecule has 0 N–H and O–H groups in total. The Hall–Kier alpha value is -4.45. The molecule has 1 atom stereocenters. The van der Waals surface area contributed by atoms with E-state index in [0.717, 1.165) is 122 Å². The molecule has 6 heteroatoms. The fraction of sp³-hybridized carbons (Fsp3) is 0.615. The highest BCUT2D eigenvalue weighted by Crippen LogP contribution is 2.13. The van der Waals surface area contributed by atoms with Crippen molar-refractivity contribution < 1.29 is 28.6 Å². The smallest absolute Gasteiger partial charge is 0.306 e. The van der Waals surface area contributed by atoms with Crippen molar-refractivity contribution in [2.45, 2.75) is 245 Å². The summed E-state index contributed by atoms with van der Waals surface area (Å²) in [6.45, 7) is 6.31. The van der Waals surface area contributed by atoms with Crippen LogP contribution in [0.4, 0.5) is 0 Å². The molecule has 0 aliphatic heterocycles. The minimum absolute atomic E-state index is 0.119. The van der Waals surface area contributed by atoms with Crippen molar-refractivity contribution in [3.63, 3.8) is 0 Å². The van der Waals surface area contributed by atoms with E-state index in [1.54, 1.807) is 0 Å². The summed E-state index contributed by atoms with van der Waals surface area (Å²) < 4.78 is 16.8. The van der Waals surface area contributed by atoms with Gasteiger partial charge in [-0.15, -0.1) is 0 Å². The van der Waals surface area contributed by atoms with Gasteiger partial charge in [-0.05, 0) is 122 Å². The van der Waals surface area contributed by atoms with E-state index in [-0.39, 0.29) is 31.6 Å². The molecule has 400 valence electrons. The van der Waals surface area contributed by atoms with Crippen LogP contribution in [0.2, 0.25) is 0 Å². The largest absolute Gasteiger partial charge is 0.462 e. The van der Waals surface area contributed by atoms with Crippen LogP contribution < -0.4 is 0 Å². The highest BCUT2D eigenvalue weighted by molar-refractivity contribution is 5.71. The van der Waals surface area contributed by atoms with E-state index >= 15 is 0 Å². The summed E-state index contributed by atoms with van der Waals surface area (Å²) >= 11 is 0. The Morgan fingerprint density at radius 2 is 0.577 bits per heavy atom. The zero-order valence-corrected chi connectivity index (χ0v) is 45.7. The van der Waals surface area contributed by atoms with Gasteiger partial charge in [0, 0.05) is 19.3 Å². The molecule has 1 unspecified atom stereocenters. The number of rotatable bonds is 50. The maximum absolute atomic E-state index is 12.8. The Bertz CT molecular complexity index is 1550. The van der Waals surface area contributed by atoms with Gasteiger partial charge >= 0.3 is 17.9 Å². The van der Waals surface area contributed by atoms with Crippen molar-refractivity contribution >= 4 is 17.9 Å². The molecule has 0 fully saturated rings. The van der Waals surface area contributed by atoms with Gasteiger partial charge in [0.25, 0.3) is 0 Å². The Balaban J connectivity index is 4.52. The SMILES string of the molecule is CC/C=C\C/C=C\C/C=C\C/C=C\C/C=C\C/C=C\CCC(=O)OC(COC(=O)CCCCCCC/C=C\CCCCCC)COC(=O)CCCCCCCCCC/C=C\C/C=C\C/C=C\C/C=C\CC. The van der Waals surface area contributed by atoms with Crippen LogP contribution in [0.15, 0.2) is 134 Å². The number of allylic oxidation sites excluding steroid dienone is 22. The standard InChI is InChI=1S/C65H104O6/c1-4-7-10-13-16-19-22-25-27-29-31-32-34-35-37-40-43-46-49-52-55-58-64(67)70-61-62(60-69-63(66)57-54-51-48-45-42-39-24-21-18-15-12-9-6-3)71-65(68)59-56-53-50-47-44-41-38-36-33-30-28-26-23-20-17-14-11-8-5-2/h7-8,10-11,16-17,19-21,24-28,31-33,36,41,44,50,53,62H,4-6,9,12-15,18,22-23,29-30,34-35,37-40,42-43,45-49,51-52,54-61H2,1-3H3/b10-7-,11-8-,19-16-,20-17-,24-21-,27-25-,28-26-,32-31-,36-33-,44-41-,53-50-. The molecule has 0 aliphatic rings. The number of unbranched alkanes of at least 4 members (excludes halogenated alkanes) is 17. The molecule has 0 heterocycles. The normalized spacial score (nSPS) is 13.1. The monoisotopic (exact) mass is 981 g/mol. The van der Waals surface area contributed by atoms with Crippen molar-refractivity contribution in [1.29, 1.82) is 0 Å². The Morgan fingerprint density at radius 1 is 0.296 bits per heavy atom. The summed E-state index contributed by atoms with van der Waals surface area (Å²) in [6, 6.07) is 0. The Kier molecular flexibility index (Phi) is 54.5. The van der Waals surface area contributed by atoms with Gasteiger partial charge in [-0.25, -0.2) is 0 Å². The van der Waals surface area contributed by atoms with Crippen molar-refractivity contribution in [2.75, 3.05) is 13.2 Å². The minimum atomic E-state index is -0.830. The van der Waals surface area contributed by atoms with Gasteiger partial charge < -0.3 is 14.2 Å². The molecule has 0 amide bonds. The first-order valence-corrected chi connectivity index (χ1v) is 28.7. The lowest BCUT2D eigenvalue weighted by atomic mass is 10.1. The number of esters is 3. The summed E-state index contributed by atoms with van der Waals surface area (Å²) in [5.41, 5.74) is 0. The third kappa shape index (κ3) is 56.3. The minimum Gasteiger partial charge on any atom is -0.462 e. The zero-order valence-electron chi connectivity index (χ0n) is 45.7. The molecule has 6 nitrogen and oxygen atoms in total. The second-order valence-electron chi connectivity index (χ2n) is 18.4. The number of ether oxygens (including phenoxy) is 3. The van der Waals surface area contributed by atoms with Crippen LogP contribution in [0, 0.1) is 0 Å². The molecule has 0 rings (SSSR count). The van der Waals surface area contributed by atoms with Crippen LogP contribution >= 0.6 is 0 Å². The maximum Gasteiger partial charge on any atom is 0.306 e. The van der Waals surface area contributed by atoms with Crippen LogP contribution in [0.25, 0.3) is 0 Å². The molecular weight excluding hydrogens is 877 g/mol. The number of carbonyl (C=O) groups is 3. The van der Waals surface area contributed by atoms with Crippen LogP contribution in [-0.4, -0.2) is 37.2 Å². The summed E-state index contributed by atoms with van der Waals surface area (Å²) in [6.07, 6.45) is 81.6. The molecule has 0 aromatic heterocycles. The first-order valence-electron chi connectivity index (χ1n) is 28.7. The fourth-order valence-electron chi connectivity index (χ4n) is 7.39. The topological polar surface area (TPSA) is 78.9 Å². The molecular formula is C65H104O6. The van der Waals surface area contributed by atoms with Gasteiger partial charge in [0.2, 0.25) is 0 Å². The van der Waals surface area contributed by atoms with Gasteiger partial charge in [0.15, 0.2) is 6.10 Å². The third-order valence-corrected chi connectivity index (χ3v) is 11.6. The molecule has 0 saturated carbocycles. The molecule has 0 bridgehead atoms. The summed E-state index contributed by atoms with van der Waals surface area (Å²) in [5, 5.41) is 0. The average molecular weight is 982 g/mol. The van der Waals surface area contributed by atoms with Gasteiger partial charge in [-0.3, -0.25) is 14.4 Å². The van der Waals surface area contributed by atoms with E-state index < -0.39 is 12.1 Å². The Labute approximate surface area is 436 Å². The fourth-order valence-corrected chi connectivity index (χ4v) is 7.39. The van der Waals surface area contributed by atoms with E-state index in [9.17, 15) is 14.4 Å². The molecule has 0 spiro atoms. The highest BCUT2D eigenvalue weighted by Gasteiger charge is 2.19. The van der Waals surface area contributed by atoms with E-state index in [1.807, 2.05) is 12.2 Å². The van der Waals surface area contributed by atoms with Crippen molar-refractivity contribution in [3.05, 3.63) is 134 Å². The van der Waals surface area contributed by atoms with E-state index in [2.05, 4.69) is 142 Å². The first-order chi connectivity index (χ1) is 35.0. The van der Waals surface area contributed by atoms with Gasteiger partial charge in [0.05, 0.1) is 0 Å². The van der Waals surface area contributed by atoms with Crippen molar-refractivity contribution in [2.24, 2.45) is 0 Å². The summed E-state index contributed by atoms with van der Waals surface area (Å²) in [5.74, 6) is -1.02. The predicted octanol–water partition coefficient (Wildman–Crippen LogP) is 19.4.